The molecule has 6 heteroatoms. The highest BCUT2D eigenvalue weighted by molar-refractivity contribution is 5.99. The Hall–Kier alpha value is -3.15. The summed E-state index contributed by atoms with van der Waals surface area (Å²) in [6.45, 7) is 0.590. The van der Waals surface area contributed by atoms with Crippen LogP contribution in [0.1, 0.15) is 46.4 Å². The second kappa shape index (κ2) is 8.03. The number of benzene rings is 2. The standard InChI is InChI=1S/C21H22N2O4/c22-19(24)13-16-8-3-4-11-23(16)20(25)15-7-5-6-14(12-15)17-9-1-2-10-18(17)21(26)27/h1-2,5-7,9-10,12,16H,3-4,8,11,13H2,(H2,22,24)(H,26,27). The molecule has 1 unspecified atom stereocenters. The first-order chi connectivity index (χ1) is 13.0. The van der Waals surface area contributed by atoms with Gasteiger partial charge in [-0.15, -0.1) is 0 Å². The second-order valence-electron chi connectivity index (χ2n) is 6.75. The van der Waals surface area contributed by atoms with Gasteiger partial charge in [0.1, 0.15) is 0 Å². The molecule has 0 radical (unpaired) electrons. The Bertz CT molecular complexity index is 878. The van der Waals surface area contributed by atoms with Gasteiger partial charge in [-0.25, -0.2) is 4.79 Å². The van der Waals surface area contributed by atoms with Crippen molar-refractivity contribution < 1.29 is 19.5 Å². The Morgan fingerprint density at radius 3 is 2.59 bits per heavy atom. The number of hydrogen-bond donors (Lipinski definition) is 2. The number of carboxylic acids is 1. The molecule has 1 atom stereocenters. The number of hydrogen-bond acceptors (Lipinski definition) is 3. The van der Waals surface area contributed by atoms with Crippen LogP contribution in [0.4, 0.5) is 0 Å². The molecule has 27 heavy (non-hydrogen) atoms. The molecule has 1 fully saturated rings. The number of likely N-dealkylation sites (tertiary alicyclic amines) is 1. The number of aromatic carboxylic acids is 1. The summed E-state index contributed by atoms with van der Waals surface area (Å²) in [5.41, 5.74) is 7.23. The summed E-state index contributed by atoms with van der Waals surface area (Å²) in [4.78, 5) is 37.6. The predicted molar refractivity (Wildman–Crippen MR) is 101 cm³/mol. The summed E-state index contributed by atoms with van der Waals surface area (Å²) < 4.78 is 0. The van der Waals surface area contributed by atoms with E-state index in [1.54, 1.807) is 53.4 Å². The highest BCUT2D eigenvalue weighted by atomic mass is 16.4. The number of piperidine rings is 1. The van der Waals surface area contributed by atoms with Crippen molar-refractivity contribution in [1.82, 2.24) is 4.90 Å². The van der Waals surface area contributed by atoms with E-state index in [1.165, 1.54) is 0 Å². The lowest BCUT2D eigenvalue weighted by Gasteiger charge is -2.35. The largest absolute Gasteiger partial charge is 0.478 e. The van der Waals surface area contributed by atoms with Crippen LogP contribution in [0.25, 0.3) is 11.1 Å². The van der Waals surface area contributed by atoms with Crippen LogP contribution in [-0.2, 0) is 4.79 Å². The molecule has 0 aromatic heterocycles. The molecule has 1 aliphatic rings. The van der Waals surface area contributed by atoms with Gasteiger partial charge in [-0.1, -0.05) is 30.3 Å². The van der Waals surface area contributed by atoms with Crippen LogP contribution >= 0.6 is 0 Å². The summed E-state index contributed by atoms with van der Waals surface area (Å²) in [6.07, 6.45) is 2.78. The van der Waals surface area contributed by atoms with Crippen molar-refractivity contribution in [2.45, 2.75) is 31.7 Å². The van der Waals surface area contributed by atoms with Gasteiger partial charge < -0.3 is 15.7 Å². The Morgan fingerprint density at radius 1 is 1.07 bits per heavy atom. The maximum atomic E-state index is 13.1. The summed E-state index contributed by atoms with van der Waals surface area (Å²) >= 11 is 0. The van der Waals surface area contributed by atoms with Crippen LogP contribution in [0.5, 0.6) is 0 Å². The monoisotopic (exact) mass is 366 g/mol. The number of amides is 2. The minimum Gasteiger partial charge on any atom is -0.478 e. The average molecular weight is 366 g/mol. The molecule has 3 N–H and O–H groups in total. The normalized spacial score (nSPS) is 16.7. The quantitative estimate of drug-likeness (QED) is 0.849. The third kappa shape index (κ3) is 4.16. The molecule has 0 spiro atoms. The number of carboxylic acid groups (broad SMARTS) is 1. The minimum absolute atomic E-state index is 0.157. The van der Waals surface area contributed by atoms with E-state index in [9.17, 15) is 19.5 Å². The summed E-state index contributed by atoms with van der Waals surface area (Å²) in [5, 5.41) is 9.41. The number of nitrogens with two attached hydrogens (primary N) is 1. The average Bonchev–Trinajstić information content (AvgIpc) is 2.67. The highest BCUT2D eigenvalue weighted by Crippen LogP contribution is 2.27. The van der Waals surface area contributed by atoms with Crippen molar-refractivity contribution in [2.75, 3.05) is 6.54 Å². The molecular weight excluding hydrogens is 344 g/mol. The van der Waals surface area contributed by atoms with E-state index >= 15 is 0 Å². The van der Waals surface area contributed by atoms with Crippen LogP contribution < -0.4 is 5.73 Å². The molecule has 2 aromatic rings. The third-order valence-corrected chi connectivity index (χ3v) is 4.90. The fraction of sp³-hybridized carbons (Fsp3) is 0.286. The Morgan fingerprint density at radius 2 is 1.85 bits per heavy atom. The van der Waals surface area contributed by atoms with Gasteiger partial charge in [0.2, 0.25) is 5.91 Å². The molecule has 2 amide bonds. The van der Waals surface area contributed by atoms with Crippen molar-refractivity contribution in [3.05, 3.63) is 59.7 Å². The van der Waals surface area contributed by atoms with E-state index in [1.807, 2.05) is 0 Å². The number of carbonyl (C=O) groups is 3. The number of primary amides is 1. The molecule has 1 heterocycles. The molecule has 3 rings (SSSR count). The molecule has 0 bridgehead atoms. The molecule has 1 aliphatic heterocycles. The van der Waals surface area contributed by atoms with Crippen LogP contribution in [0.2, 0.25) is 0 Å². The Kier molecular flexibility index (Phi) is 5.54. The van der Waals surface area contributed by atoms with E-state index in [2.05, 4.69) is 0 Å². The molecule has 0 aliphatic carbocycles. The van der Waals surface area contributed by atoms with Gasteiger partial charge in [0, 0.05) is 24.6 Å². The lowest BCUT2D eigenvalue weighted by molar-refractivity contribution is -0.119. The van der Waals surface area contributed by atoms with E-state index in [-0.39, 0.29) is 23.9 Å². The van der Waals surface area contributed by atoms with Gasteiger partial charge in [-0.3, -0.25) is 9.59 Å². The van der Waals surface area contributed by atoms with Gasteiger partial charge >= 0.3 is 5.97 Å². The van der Waals surface area contributed by atoms with E-state index in [0.717, 1.165) is 19.3 Å². The smallest absolute Gasteiger partial charge is 0.336 e. The first-order valence-corrected chi connectivity index (χ1v) is 8.99. The van der Waals surface area contributed by atoms with Gasteiger partial charge in [0.15, 0.2) is 0 Å². The summed E-state index contributed by atoms with van der Waals surface area (Å²) in [5.74, 6) is -1.58. The van der Waals surface area contributed by atoms with E-state index in [4.69, 9.17) is 5.73 Å². The van der Waals surface area contributed by atoms with Crippen LogP contribution in [0.15, 0.2) is 48.5 Å². The van der Waals surface area contributed by atoms with E-state index < -0.39 is 11.9 Å². The SMILES string of the molecule is NC(=O)CC1CCCCN1C(=O)c1cccc(-c2ccccc2C(=O)O)c1. The fourth-order valence-corrected chi connectivity index (χ4v) is 3.62. The predicted octanol–water partition coefficient (Wildman–Crippen LogP) is 2.92. The van der Waals surface area contributed by atoms with E-state index in [0.29, 0.717) is 23.2 Å². The summed E-state index contributed by atoms with van der Waals surface area (Å²) in [7, 11) is 0. The maximum Gasteiger partial charge on any atom is 0.336 e. The first-order valence-electron chi connectivity index (χ1n) is 8.99. The number of carbonyl (C=O) groups excluding carboxylic acids is 2. The molecule has 140 valence electrons. The number of nitrogens with zero attached hydrogens (tertiary/aromatic N) is 1. The molecule has 0 saturated carbocycles. The summed E-state index contributed by atoms with van der Waals surface area (Å²) in [6, 6.07) is 13.5. The van der Waals surface area contributed by atoms with Gasteiger partial charge in [0.25, 0.3) is 5.91 Å². The highest BCUT2D eigenvalue weighted by Gasteiger charge is 2.28. The molecule has 2 aromatic carbocycles. The topological polar surface area (TPSA) is 101 Å². The maximum absolute atomic E-state index is 13.1. The zero-order chi connectivity index (χ0) is 19.4. The zero-order valence-electron chi connectivity index (χ0n) is 14.9. The van der Waals surface area contributed by atoms with Gasteiger partial charge in [-0.05, 0) is 48.6 Å². The molecule has 6 nitrogen and oxygen atoms in total. The van der Waals surface area contributed by atoms with Crippen LogP contribution in [0.3, 0.4) is 0 Å². The lowest BCUT2D eigenvalue weighted by atomic mass is 9.95. The molecular formula is C21H22N2O4. The molecule has 1 saturated heterocycles. The van der Waals surface area contributed by atoms with Crippen molar-refractivity contribution in [3.63, 3.8) is 0 Å². The van der Waals surface area contributed by atoms with Gasteiger partial charge in [-0.2, -0.15) is 0 Å². The number of rotatable bonds is 5. The van der Waals surface area contributed by atoms with Crippen molar-refractivity contribution >= 4 is 17.8 Å². The minimum atomic E-state index is -1.01. The van der Waals surface area contributed by atoms with Gasteiger partial charge in [0.05, 0.1) is 5.56 Å². The third-order valence-electron chi connectivity index (χ3n) is 4.90. The first kappa shape index (κ1) is 18.6. The fourth-order valence-electron chi connectivity index (χ4n) is 3.62. The Labute approximate surface area is 157 Å². The lowest BCUT2D eigenvalue weighted by Crippen LogP contribution is -2.45. The second-order valence-corrected chi connectivity index (χ2v) is 6.75. The van der Waals surface area contributed by atoms with Crippen molar-refractivity contribution in [1.29, 1.82) is 0 Å². The Balaban J connectivity index is 1.92. The van der Waals surface area contributed by atoms with Crippen LogP contribution in [0, 0.1) is 0 Å². The van der Waals surface area contributed by atoms with Crippen molar-refractivity contribution in [2.24, 2.45) is 5.73 Å². The zero-order valence-corrected chi connectivity index (χ0v) is 14.9. The van der Waals surface area contributed by atoms with Crippen molar-refractivity contribution in [3.8, 4) is 11.1 Å². The van der Waals surface area contributed by atoms with Crippen LogP contribution in [-0.4, -0.2) is 40.4 Å².